The Morgan fingerprint density at radius 2 is 2.13 bits per heavy atom. The molecule has 1 aliphatic rings. The monoisotopic (exact) mass is 214 g/mol. The number of urea groups is 1. The van der Waals surface area contributed by atoms with Crippen LogP contribution < -0.4 is 10.6 Å². The van der Waals surface area contributed by atoms with E-state index in [4.69, 9.17) is 4.74 Å². The van der Waals surface area contributed by atoms with Gasteiger partial charge in [-0.25, -0.2) is 4.79 Å². The maximum absolute atomic E-state index is 11.5. The third kappa shape index (κ3) is 4.51. The van der Waals surface area contributed by atoms with Crippen molar-refractivity contribution in [2.45, 2.75) is 45.8 Å². The lowest BCUT2D eigenvalue weighted by atomic mass is 10.0. The molecule has 2 amide bonds. The van der Waals surface area contributed by atoms with E-state index < -0.39 is 0 Å². The number of hydrogen-bond acceptors (Lipinski definition) is 2. The molecule has 0 aromatic rings. The third-order valence-corrected chi connectivity index (χ3v) is 2.55. The van der Waals surface area contributed by atoms with Gasteiger partial charge in [0.25, 0.3) is 0 Å². The van der Waals surface area contributed by atoms with Crippen LogP contribution >= 0.6 is 0 Å². The van der Waals surface area contributed by atoms with Gasteiger partial charge in [0.2, 0.25) is 0 Å². The van der Waals surface area contributed by atoms with Crippen LogP contribution in [0.4, 0.5) is 4.79 Å². The van der Waals surface area contributed by atoms with E-state index in [0.717, 1.165) is 13.0 Å². The zero-order chi connectivity index (χ0) is 11.5. The van der Waals surface area contributed by atoms with E-state index in [2.05, 4.69) is 17.6 Å². The van der Waals surface area contributed by atoms with Gasteiger partial charge in [0.1, 0.15) is 0 Å². The molecule has 2 N–H and O–H groups in total. The summed E-state index contributed by atoms with van der Waals surface area (Å²) in [6.07, 6.45) is 1.30. The van der Waals surface area contributed by atoms with Gasteiger partial charge in [-0.2, -0.15) is 0 Å². The van der Waals surface area contributed by atoms with Gasteiger partial charge in [0.15, 0.2) is 0 Å². The zero-order valence-corrected chi connectivity index (χ0v) is 10.1. The van der Waals surface area contributed by atoms with Crippen molar-refractivity contribution in [1.82, 2.24) is 10.6 Å². The molecule has 0 aliphatic carbocycles. The van der Waals surface area contributed by atoms with Crippen molar-refractivity contribution in [3.8, 4) is 0 Å². The van der Waals surface area contributed by atoms with Crippen molar-refractivity contribution in [2.24, 2.45) is 5.92 Å². The topological polar surface area (TPSA) is 50.4 Å². The lowest BCUT2D eigenvalue weighted by Gasteiger charge is -2.22. The minimum Gasteiger partial charge on any atom is -0.378 e. The van der Waals surface area contributed by atoms with Crippen LogP contribution in [0.1, 0.15) is 34.1 Å². The molecule has 4 nitrogen and oxygen atoms in total. The summed E-state index contributed by atoms with van der Waals surface area (Å²) < 4.78 is 5.43. The van der Waals surface area contributed by atoms with Crippen molar-refractivity contribution >= 4 is 6.03 Å². The van der Waals surface area contributed by atoms with Gasteiger partial charge in [-0.1, -0.05) is 0 Å². The number of ether oxygens (including phenoxy) is 1. The average molecular weight is 214 g/mol. The van der Waals surface area contributed by atoms with Gasteiger partial charge in [-0.3, -0.25) is 0 Å². The first-order chi connectivity index (χ1) is 6.88. The van der Waals surface area contributed by atoms with Crippen LogP contribution in [0.15, 0.2) is 0 Å². The van der Waals surface area contributed by atoms with Crippen molar-refractivity contribution in [1.29, 1.82) is 0 Å². The Hall–Kier alpha value is -0.770. The number of nitrogens with one attached hydrogen (secondary N) is 2. The Morgan fingerprint density at radius 1 is 1.47 bits per heavy atom. The zero-order valence-electron chi connectivity index (χ0n) is 10.1. The third-order valence-electron chi connectivity index (χ3n) is 2.55. The van der Waals surface area contributed by atoms with E-state index in [0.29, 0.717) is 12.5 Å². The number of hydrogen-bond donors (Lipinski definition) is 2. The highest BCUT2D eigenvalue weighted by Crippen LogP contribution is 2.19. The molecule has 2 unspecified atom stereocenters. The molecule has 1 aliphatic heterocycles. The molecule has 0 aromatic heterocycles. The summed E-state index contributed by atoms with van der Waals surface area (Å²) in [7, 11) is 0. The first-order valence-electron chi connectivity index (χ1n) is 5.56. The molecule has 1 saturated heterocycles. The summed E-state index contributed by atoms with van der Waals surface area (Å²) >= 11 is 0. The molecule has 0 aromatic carbocycles. The maximum atomic E-state index is 11.5. The van der Waals surface area contributed by atoms with Crippen LogP contribution in [0.25, 0.3) is 0 Å². The molecule has 0 bridgehead atoms. The second-order valence-corrected chi connectivity index (χ2v) is 5.21. The first-order valence-corrected chi connectivity index (χ1v) is 5.56. The van der Waals surface area contributed by atoms with Gasteiger partial charge >= 0.3 is 6.03 Å². The van der Waals surface area contributed by atoms with Crippen molar-refractivity contribution in [3.63, 3.8) is 0 Å². The highest BCUT2D eigenvalue weighted by molar-refractivity contribution is 5.74. The van der Waals surface area contributed by atoms with Gasteiger partial charge in [-0.15, -0.1) is 0 Å². The molecule has 0 radical (unpaired) electrons. The first kappa shape index (κ1) is 12.3. The quantitative estimate of drug-likeness (QED) is 0.732. The SMILES string of the molecule is CC1OCCC1CNC(=O)NC(C)(C)C. The van der Waals surface area contributed by atoms with E-state index in [1.54, 1.807) is 0 Å². The molecular weight excluding hydrogens is 192 g/mol. The van der Waals surface area contributed by atoms with Gasteiger partial charge in [0.05, 0.1) is 6.10 Å². The minimum atomic E-state index is -0.179. The number of carbonyl (C=O) groups excluding carboxylic acids is 1. The molecule has 0 saturated carbocycles. The molecule has 15 heavy (non-hydrogen) atoms. The highest BCUT2D eigenvalue weighted by Gasteiger charge is 2.24. The minimum absolute atomic E-state index is 0.0957. The van der Waals surface area contributed by atoms with E-state index in [1.807, 2.05) is 20.8 Å². The molecule has 4 heteroatoms. The lowest BCUT2D eigenvalue weighted by molar-refractivity contribution is 0.106. The Bertz CT molecular complexity index is 223. The second-order valence-electron chi connectivity index (χ2n) is 5.21. The van der Waals surface area contributed by atoms with Crippen LogP contribution in [0.3, 0.4) is 0 Å². The molecule has 1 rings (SSSR count). The summed E-state index contributed by atoms with van der Waals surface area (Å²) in [4.78, 5) is 11.5. The van der Waals surface area contributed by atoms with Crippen LogP contribution in [0.2, 0.25) is 0 Å². The molecule has 2 atom stereocenters. The summed E-state index contributed by atoms with van der Waals surface area (Å²) in [5, 5.41) is 5.75. The van der Waals surface area contributed by atoms with Gasteiger partial charge < -0.3 is 15.4 Å². The van der Waals surface area contributed by atoms with Crippen LogP contribution in [-0.2, 0) is 4.74 Å². The predicted molar refractivity (Wildman–Crippen MR) is 59.8 cm³/mol. The largest absolute Gasteiger partial charge is 0.378 e. The fraction of sp³-hybridized carbons (Fsp3) is 0.909. The summed E-state index contributed by atoms with van der Waals surface area (Å²) in [6, 6.07) is -0.0957. The van der Waals surface area contributed by atoms with Gasteiger partial charge in [-0.05, 0) is 34.1 Å². The molecular formula is C11H22N2O2. The maximum Gasteiger partial charge on any atom is 0.315 e. The van der Waals surface area contributed by atoms with E-state index in [9.17, 15) is 4.79 Å². The fourth-order valence-electron chi connectivity index (χ4n) is 1.65. The molecule has 1 heterocycles. The summed E-state index contributed by atoms with van der Waals surface area (Å²) in [5.74, 6) is 0.454. The van der Waals surface area contributed by atoms with Crippen LogP contribution in [0.5, 0.6) is 0 Å². The van der Waals surface area contributed by atoms with Crippen LogP contribution in [0, 0.1) is 5.92 Å². The fourth-order valence-corrected chi connectivity index (χ4v) is 1.65. The second kappa shape index (κ2) is 4.84. The standard InChI is InChI=1S/C11H22N2O2/c1-8-9(5-6-15-8)7-12-10(14)13-11(2,3)4/h8-9H,5-7H2,1-4H3,(H2,12,13,14). The Kier molecular flexibility index (Phi) is 3.97. The molecule has 0 spiro atoms. The van der Waals surface area contributed by atoms with Crippen molar-refractivity contribution in [2.75, 3.05) is 13.2 Å². The van der Waals surface area contributed by atoms with Crippen molar-refractivity contribution < 1.29 is 9.53 Å². The highest BCUT2D eigenvalue weighted by atomic mass is 16.5. The van der Waals surface area contributed by atoms with Crippen LogP contribution in [-0.4, -0.2) is 30.8 Å². The van der Waals surface area contributed by atoms with Crippen molar-refractivity contribution in [3.05, 3.63) is 0 Å². The normalized spacial score (nSPS) is 26.4. The van der Waals surface area contributed by atoms with E-state index >= 15 is 0 Å². The smallest absolute Gasteiger partial charge is 0.315 e. The van der Waals surface area contributed by atoms with E-state index in [-0.39, 0.29) is 17.7 Å². The number of carbonyl (C=O) groups is 1. The number of rotatable bonds is 2. The predicted octanol–water partition coefficient (Wildman–Crippen LogP) is 1.51. The molecule has 1 fully saturated rings. The Morgan fingerprint density at radius 3 is 2.60 bits per heavy atom. The summed E-state index contributed by atoms with van der Waals surface area (Å²) in [6.45, 7) is 9.47. The molecule has 88 valence electrons. The number of amides is 2. The Balaban J connectivity index is 2.22. The Labute approximate surface area is 91.8 Å². The van der Waals surface area contributed by atoms with E-state index in [1.165, 1.54) is 0 Å². The van der Waals surface area contributed by atoms with Gasteiger partial charge in [0, 0.05) is 24.6 Å². The lowest BCUT2D eigenvalue weighted by Crippen LogP contribution is -2.47. The summed E-state index contributed by atoms with van der Waals surface area (Å²) in [5.41, 5.74) is -0.179. The average Bonchev–Trinajstić information content (AvgIpc) is 2.44.